The molecule has 0 bridgehead atoms. The molecule has 1 atom stereocenters. The standard InChI is InChI=1S/C17H25N3O4S/c1-13-3-4-14(2)16(11-13)25(22,23)20-8-6-19(7-9-20)17(21)15-12-18-5-10-24-15/h3-4,11,15,18H,5-10,12H2,1-2H3. The van der Waals surface area contributed by atoms with Crippen LogP contribution in [-0.4, -0.2) is 75.5 Å². The molecule has 8 heteroatoms. The number of carbonyl (C=O) groups excluding carboxylic acids is 1. The zero-order valence-electron chi connectivity index (χ0n) is 14.7. The van der Waals surface area contributed by atoms with E-state index in [1.54, 1.807) is 17.9 Å². The van der Waals surface area contributed by atoms with Gasteiger partial charge in [-0.25, -0.2) is 8.42 Å². The van der Waals surface area contributed by atoms with Gasteiger partial charge in [0.25, 0.3) is 5.91 Å². The van der Waals surface area contributed by atoms with Gasteiger partial charge < -0.3 is 15.0 Å². The fourth-order valence-electron chi connectivity index (χ4n) is 3.20. The van der Waals surface area contributed by atoms with E-state index in [1.165, 1.54) is 4.31 Å². The second kappa shape index (κ2) is 7.41. The summed E-state index contributed by atoms with van der Waals surface area (Å²) in [4.78, 5) is 14.5. The van der Waals surface area contributed by atoms with Crippen LogP contribution < -0.4 is 5.32 Å². The van der Waals surface area contributed by atoms with Crippen LogP contribution in [-0.2, 0) is 19.6 Å². The Morgan fingerprint density at radius 3 is 2.56 bits per heavy atom. The maximum Gasteiger partial charge on any atom is 0.253 e. The average molecular weight is 367 g/mol. The SMILES string of the molecule is Cc1ccc(C)c(S(=O)(=O)N2CCN(C(=O)C3CNCCO3)CC2)c1. The zero-order valence-corrected chi connectivity index (χ0v) is 15.5. The molecular formula is C17H25N3O4S. The second-order valence-corrected chi connectivity index (χ2v) is 8.47. The molecule has 1 amide bonds. The summed E-state index contributed by atoms with van der Waals surface area (Å²) >= 11 is 0. The molecule has 0 aromatic heterocycles. The number of hydrogen-bond acceptors (Lipinski definition) is 5. The van der Waals surface area contributed by atoms with E-state index in [9.17, 15) is 13.2 Å². The Labute approximate surface area is 149 Å². The number of piperazine rings is 1. The fourth-order valence-corrected chi connectivity index (χ4v) is 4.93. The number of nitrogens with zero attached hydrogens (tertiary/aromatic N) is 2. The predicted molar refractivity (Wildman–Crippen MR) is 93.9 cm³/mol. The van der Waals surface area contributed by atoms with Gasteiger partial charge in [0.15, 0.2) is 0 Å². The van der Waals surface area contributed by atoms with E-state index in [0.29, 0.717) is 44.2 Å². The van der Waals surface area contributed by atoms with Crippen molar-refractivity contribution in [3.8, 4) is 0 Å². The van der Waals surface area contributed by atoms with Crippen LogP contribution in [0.3, 0.4) is 0 Å². The number of morpholine rings is 1. The number of rotatable bonds is 3. The minimum Gasteiger partial charge on any atom is -0.366 e. The summed E-state index contributed by atoms with van der Waals surface area (Å²) in [5, 5.41) is 3.14. The third kappa shape index (κ3) is 3.87. The number of nitrogens with one attached hydrogen (secondary N) is 1. The first-order valence-corrected chi connectivity index (χ1v) is 10.0. The number of ether oxygens (including phenoxy) is 1. The Morgan fingerprint density at radius 1 is 1.20 bits per heavy atom. The second-order valence-electron chi connectivity index (χ2n) is 6.56. The van der Waals surface area contributed by atoms with E-state index >= 15 is 0 Å². The summed E-state index contributed by atoms with van der Waals surface area (Å²) < 4.78 is 32.8. The van der Waals surface area contributed by atoms with Crippen molar-refractivity contribution in [2.24, 2.45) is 0 Å². The summed E-state index contributed by atoms with van der Waals surface area (Å²) in [7, 11) is -3.54. The molecule has 2 aliphatic heterocycles. The minimum absolute atomic E-state index is 0.0593. The van der Waals surface area contributed by atoms with Crippen molar-refractivity contribution in [2.45, 2.75) is 24.8 Å². The Kier molecular flexibility index (Phi) is 5.43. The third-order valence-electron chi connectivity index (χ3n) is 4.71. The van der Waals surface area contributed by atoms with Crippen molar-refractivity contribution >= 4 is 15.9 Å². The number of amides is 1. The molecule has 1 aromatic carbocycles. The lowest BCUT2D eigenvalue weighted by Crippen LogP contribution is -2.55. The van der Waals surface area contributed by atoms with Crippen LogP contribution in [0.4, 0.5) is 0 Å². The van der Waals surface area contributed by atoms with Crippen LogP contribution in [0.25, 0.3) is 0 Å². The van der Waals surface area contributed by atoms with Crippen LogP contribution in [0.1, 0.15) is 11.1 Å². The maximum absolute atomic E-state index is 12.9. The molecule has 0 saturated carbocycles. The van der Waals surface area contributed by atoms with Crippen molar-refractivity contribution in [3.63, 3.8) is 0 Å². The van der Waals surface area contributed by atoms with Crippen molar-refractivity contribution in [3.05, 3.63) is 29.3 Å². The first-order valence-electron chi connectivity index (χ1n) is 8.58. The van der Waals surface area contributed by atoms with Gasteiger partial charge in [-0.05, 0) is 31.0 Å². The van der Waals surface area contributed by atoms with E-state index in [2.05, 4.69) is 5.32 Å². The lowest BCUT2D eigenvalue weighted by atomic mass is 10.2. The Balaban J connectivity index is 1.67. The molecule has 0 aliphatic carbocycles. The average Bonchev–Trinajstić information content (AvgIpc) is 2.64. The van der Waals surface area contributed by atoms with Crippen LogP contribution >= 0.6 is 0 Å². The molecule has 1 aromatic rings. The first kappa shape index (κ1) is 18.3. The molecule has 1 unspecified atom stereocenters. The molecule has 138 valence electrons. The Bertz CT molecular complexity index is 736. The summed E-state index contributed by atoms with van der Waals surface area (Å²) in [6, 6.07) is 5.45. The van der Waals surface area contributed by atoms with Crippen molar-refractivity contribution in [2.75, 3.05) is 45.9 Å². The van der Waals surface area contributed by atoms with E-state index in [0.717, 1.165) is 17.7 Å². The Morgan fingerprint density at radius 2 is 1.92 bits per heavy atom. The number of hydrogen-bond donors (Lipinski definition) is 1. The van der Waals surface area contributed by atoms with Gasteiger partial charge in [0, 0.05) is 39.3 Å². The minimum atomic E-state index is -3.54. The molecular weight excluding hydrogens is 342 g/mol. The lowest BCUT2D eigenvalue weighted by Gasteiger charge is -2.36. The van der Waals surface area contributed by atoms with Gasteiger partial charge in [0.1, 0.15) is 6.10 Å². The molecule has 2 saturated heterocycles. The normalized spacial score (nSPS) is 22.8. The number of carbonyl (C=O) groups is 1. The van der Waals surface area contributed by atoms with Crippen LogP contribution in [0.2, 0.25) is 0 Å². The molecule has 25 heavy (non-hydrogen) atoms. The number of aryl methyl sites for hydroxylation is 2. The molecule has 3 rings (SSSR count). The Hall–Kier alpha value is -1.48. The highest BCUT2D eigenvalue weighted by molar-refractivity contribution is 7.89. The summed E-state index contributed by atoms with van der Waals surface area (Å²) in [5.41, 5.74) is 1.66. The van der Waals surface area contributed by atoms with Gasteiger partial charge >= 0.3 is 0 Å². The molecule has 7 nitrogen and oxygen atoms in total. The topological polar surface area (TPSA) is 79.0 Å². The zero-order chi connectivity index (χ0) is 18.0. The van der Waals surface area contributed by atoms with Gasteiger partial charge in [0.05, 0.1) is 11.5 Å². The predicted octanol–water partition coefficient (Wildman–Crippen LogP) is 0.125. The smallest absolute Gasteiger partial charge is 0.253 e. The van der Waals surface area contributed by atoms with Crippen LogP contribution in [0.15, 0.2) is 23.1 Å². The summed E-state index contributed by atoms with van der Waals surface area (Å²) in [6.07, 6.45) is -0.462. The number of sulfonamides is 1. The molecule has 2 fully saturated rings. The van der Waals surface area contributed by atoms with Crippen molar-refractivity contribution in [1.82, 2.24) is 14.5 Å². The third-order valence-corrected chi connectivity index (χ3v) is 6.76. The van der Waals surface area contributed by atoms with Gasteiger partial charge in [-0.3, -0.25) is 4.79 Å². The van der Waals surface area contributed by atoms with Gasteiger partial charge in [0.2, 0.25) is 10.0 Å². The lowest BCUT2D eigenvalue weighted by molar-refractivity contribution is -0.146. The fraction of sp³-hybridized carbons (Fsp3) is 0.588. The summed E-state index contributed by atoms with van der Waals surface area (Å²) in [6.45, 7) is 6.88. The quantitative estimate of drug-likeness (QED) is 0.821. The van der Waals surface area contributed by atoms with Crippen LogP contribution in [0.5, 0.6) is 0 Å². The largest absolute Gasteiger partial charge is 0.366 e. The molecule has 0 radical (unpaired) electrons. The molecule has 1 N–H and O–H groups in total. The monoisotopic (exact) mass is 367 g/mol. The maximum atomic E-state index is 12.9. The highest BCUT2D eigenvalue weighted by atomic mass is 32.2. The molecule has 2 aliphatic rings. The number of benzene rings is 1. The van der Waals surface area contributed by atoms with E-state index in [1.807, 2.05) is 19.1 Å². The van der Waals surface area contributed by atoms with E-state index in [-0.39, 0.29) is 5.91 Å². The molecule has 2 heterocycles. The summed E-state index contributed by atoms with van der Waals surface area (Å²) in [5.74, 6) is -0.0593. The highest BCUT2D eigenvalue weighted by Gasteiger charge is 2.33. The first-order chi connectivity index (χ1) is 11.9. The van der Waals surface area contributed by atoms with E-state index in [4.69, 9.17) is 4.74 Å². The highest BCUT2D eigenvalue weighted by Crippen LogP contribution is 2.22. The van der Waals surface area contributed by atoms with Crippen molar-refractivity contribution in [1.29, 1.82) is 0 Å². The molecule has 0 spiro atoms. The van der Waals surface area contributed by atoms with Crippen molar-refractivity contribution < 1.29 is 17.9 Å². The van der Waals surface area contributed by atoms with Gasteiger partial charge in [-0.1, -0.05) is 12.1 Å². The van der Waals surface area contributed by atoms with E-state index < -0.39 is 16.1 Å². The van der Waals surface area contributed by atoms with Gasteiger partial charge in [-0.15, -0.1) is 0 Å². The van der Waals surface area contributed by atoms with Crippen LogP contribution in [0, 0.1) is 13.8 Å². The van der Waals surface area contributed by atoms with Gasteiger partial charge in [-0.2, -0.15) is 4.31 Å².